The van der Waals surface area contributed by atoms with E-state index in [1.807, 2.05) is 43.5 Å². The number of carbonyl (C=O) groups excluding carboxylic acids is 1. The molecule has 1 atom stereocenters. The maximum Gasteiger partial charge on any atom is 0.241 e. The Hall–Kier alpha value is -2.08. The van der Waals surface area contributed by atoms with E-state index in [1.165, 1.54) is 11.8 Å². The van der Waals surface area contributed by atoms with Gasteiger partial charge in [-0.25, -0.2) is 9.66 Å². The predicted octanol–water partition coefficient (Wildman–Crippen LogP) is 2.34. The van der Waals surface area contributed by atoms with Gasteiger partial charge in [-0.1, -0.05) is 42.1 Å². The van der Waals surface area contributed by atoms with Gasteiger partial charge in [0.05, 0.1) is 17.6 Å². The van der Waals surface area contributed by atoms with E-state index >= 15 is 0 Å². The highest BCUT2D eigenvalue weighted by Crippen LogP contribution is 2.31. The molecule has 1 aliphatic rings. The molecule has 1 aliphatic heterocycles. The Morgan fingerprint density at radius 3 is 2.67 bits per heavy atom. The van der Waals surface area contributed by atoms with Crippen LogP contribution in [0.2, 0.25) is 0 Å². The normalized spacial score (nSPS) is 17.1. The lowest BCUT2D eigenvalue weighted by Crippen LogP contribution is -2.37. The van der Waals surface area contributed by atoms with E-state index in [2.05, 4.69) is 10.1 Å². The third kappa shape index (κ3) is 2.58. The number of thioether (sulfide) groups is 1. The van der Waals surface area contributed by atoms with E-state index in [-0.39, 0.29) is 11.2 Å². The van der Waals surface area contributed by atoms with Crippen LogP contribution in [0.15, 0.2) is 46.8 Å². The van der Waals surface area contributed by atoms with Gasteiger partial charge in [0.25, 0.3) is 0 Å². The molecule has 1 amide bonds. The molecule has 2 aromatic rings. The van der Waals surface area contributed by atoms with Crippen LogP contribution in [0.25, 0.3) is 11.3 Å². The number of imidazole rings is 1. The summed E-state index contributed by atoms with van der Waals surface area (Å²) in [5.41, 5.74) is 2.71. The molecule has 0 spiro atoms. The molecule has 0 saturated carbocycles. The summed E-state index contributed by atoms with van der Waals surface area (Å²) in [4.78, 5) is 18.4. The molecule has 0 aliphatic carbocycles. The van der Waals surface area contributed by atoms with Crippen LogP contribution in [0.5, 0.6) is 0 Å². The quantitative estimate of drug-likeness (QED) is 0.855. The van der Waals surface area contributed by atoms with E-state index in [0.717, 1.165) is 22.1 Å². The zero-order valence-electron chi connectivity index (χ0n) is 12.1. The van der Waals surface area contributed by atoms with Crippen LogP contribution in [0.1, 0.15) is 6.92 Å². The summed E-state index contributed by atoms with van der Waals surface area (Å²) in [6, 6.07) is 9.96. The van der Waals surface area contributed by atoms with Gasteiger partial charge in [-0.05, 0) is 6.92 Å². The van der Waals surface area contributed by atoms with Crippen molar-refractivity contribution in [1.29, 1.82) is 0 Å². The molecular formula is C15H16N4OS. The first kappa shape index (κ1) is 13.9. The Labute approximate surface area is 127 Å². The molecule has 0 saturated heterocycles. The summed E-state index contributed by atoms with van der Waals surface area (Å²) in [5, 5.41) is 4.94. The summed E-state index contributed by atoms with van der Waals surface area (Å²) in [7, 11) is 3.51. The van der Waals surface area contributed by atoms with Crippen molar-refractivity contribution >= 4 is 23.4 Å². The Balaban J connectivity index is 1.95. The van der Waals surface area contributed by atoms with Crippen LogP contribution < -0.4 is 0 Å². The first-order chi connectivity index (χ1) is 10.1. The van der Waals surface area contributed by atoms with Gasteiger partial charge < -0.3 is 4.90 Å². The average Bonchev–Trinajstić information content (AvgIpc) is 2.89. The Kier molecular flexibility index (Phi) is 3.55. The van der Waals surface area contributed by atoms with Crippen LogP contribution in [0.4, 0.5) is 0 Å². The summed E-state index contributed by atoms with van der Waals surface area (Å²) in [5.74, 6) is 0.0387. The van der Waals surface area contributed by atoms with Crippen molar-refractivity contribution in [2.45, 2.75) is 17.3 Å². The van der Waals surface area contributed by atoms with Crippen molar-refractivity contribution in [3.63, 3.8) is 0 Å². The highest BCUT2D eigenvalue weighted by Gasteiger charge is 2.30. The summed E-state index contributed by atoms with van der Waals surface area (Å²) >= 11 is 1.45. The molecule has 6 heteroatoms. The third-order valence-corrected chi connectivity index (χ3v) is 4.53. The smallest absolute Gasteiger partial charge is 0.241 e. The minimum Gasteiger partial charge on any atom is -0.348 e. The molecule has 1 aromatic heterocycles. The first-order valence-corrected chi connectivity index (χ1v) is 7.52. The minimum absolute atomic E-state index is 0.0387. The Morgan fingerprint density at radius 1 is 1.29 bits per heavy atom. The van der Waals surface area contributed by atoms with Crippen LogP contribution in [0, 0.1) is 0 Å². The van der Waals surface area contributed by atoms with Gasteiger partial charge in [0, 0.05) is 19.7 Å². The topological polar surface area (TPSA) is 50.5 Å². The van der Waals surface area contributed by atoms with Gasteiger partial charge in [0.15, 0.2) is 5.16 Å². The maximum absolute atomic E-state index is 12.2. The van der Waals surface area contributed by atoms with Gasteiger partial charge >= 0.3 is 0 Å². The SMILES string of the molecule is CC1=Nn2cc(-c3ccccc3)nc2S[C@@H]1C(=O)N(C)C. The lowest BCUT2D eigenvalue weighted by molar-refractivity contribution is -0.126. The number of carbonyl (C=O) groups is 1. The van der Waals surface area contributed by atoms with Crippen molar-refractivity contribution in [3.05, 3.63) is 36.5 Å². The van der Waals surface area contributed by atoms with Gasteiger partial charge in [-0.3, -0.25) is 4.79 Å². The van der Waals surface area contributed by atoms with Gasteiger partial charge in [0.2, 0.25) is 5.91 Å². The largest absolute Gasteiger partial charge is 0.348 e. The predicted molar refractivity (Wildman–Crippen MR) is 84.5 cm³/mol. The summed E-state index contributed by atoms with van der Waals surface area (Å²) < 4.78 is 1.75. The molecule has 5 nitrogen and oxygen atoms in total. The maximum atomic E-state index is 12.2. The van der Waals surface area contributed by atoms with Crippen molar-refractivity contribution in [2.24, 2.45) is 5.10 Å². The monoisotopic (exact) mass is 300 g/mol. The number of nitrogens with zero attached hydrogens (tertiary/aromatic N) is 4. The molecule has 1 aromatic carbocycles. The highest BCUT2D eigenvalue weighted by atomic mass is 32.2. The molecular weight excluding hydrogens is 284 g/mol. The van der Waals surface area contributed by atoms with E-state index in [0.29, 0.717) is 0 Å². The van der Waals surface area contributed by atoms with Crippen LogP contribution >= 0.6 is 11.8 Å². The van der Waals surface area contributed by atoms with Crippen LogP contribution in [-0.2, 0) is 4.79 Å². The van der Waals surface area contributed by atoms with E-state index in [1.54, 1.807) is 23.7 Å². The van der Waals surface area contributed by atoms with E-state index in [9.17, 15) is 4.79 Å². The van der Waals surface area contributed by atoms with Gasteiger partial charge in [-0.15, -0.1) is 0 Å². The molecule has 3 rings (SSSR count). The number of fused-ring (bicyclic) bond motifs is 1. The van der Waals surface area contributed by atoms with Crippen molar-refractivity contribution < 1.29 is 4.79 Å². The number of benzene rings is 1. The summed E-state index contributed by atoms with van der Waals surface area (Å²) in [6.07, 6.45) is 1.90. The van der Waals surface area contributed by atoms with Crippen LogP contribution in [0.3, 0.4) is 0 Å². The molecule has 0 unspecified atom stereocenters. The highest BCUT2D eigenvalue weighted by molar-refractivity contribution is 8.01. The minimum atomic E-state index is -0.293. The number of hydrogen-bond acceptors (Lipinski definition) is 4. The fraction of sp³-hybridized carbons (Fsp3) is 0.267. The fourth-order valence-corrected chi connectivity index (χ4v) is 3.22. The van der Waals surface area contributed by atoms with Gasteiger partial charge in [-0.2, -0.15) is 5.10 Å². The lowest BCUT2D eigenvalue weighted by atomic mass is 10.2. The molecule has 21 heavy (non-hydrogen) atoms. The average molecular weight is 300 g/mol. The second kappa shape index (κ2) is 5.37. The molecule has 0 bridgehead atoms. The second-order valence-corrected chi connectivity index (χ2v) is 6.16. The van der Waals surface area contributed by atoms with Crippen LogP contribution in [-0.4, -0.2) is 45.5 Å². The number of hydrogen-bond donors (Lipinski definition) is 0. The van der Waals surface area contributed by atoms with Crippen molar-refractivity contribution in [3.8, 4) is 11.3 Å². The molecule has 0 N–H and O–H groups in total. The first-order valence-electron chi connectivity index (χ1n) is 6.64. The Morgan fingerprint density at radius 2 is 2.00 bits per heavy atom. The van der Waals surface area contributed by atoms with E-state index < -0.39 is 0 Å². The summed E-state index contributed by atoms with van der Waals surface area (Å²) in [6.45, 7) is 1.88. The molecule has 0 fully saturated rings. The standard InChI is InChI=1S/C15H16N4OS/c1-10-13(14(20)18(2)3)21-15-16-12(9-19(15)17-10)11-7-5-4-6-8-11/h4-9,13H,1-3H3/t13-/m0/s1. The number of rotatable bonds is 2. The third-order valence-electron chi connectivity index (χ3n) is 3.26. The van der Waals surface area contributed by atoms with Crippen molar-refractivity contribution in [1.82, 2.24) is 14.6 Å². The fourth-order valence-electron chi connectivity index (χ4n) is 2.13. The number of amides is 1. The zero-order valence-corrected chi connectivity index (χ0v) is 13.0. The number of aromatic nitrogens is 2. The molecule has 2 heterocycles. The van der Waals surface area contributed by atoms with Gasteiger partial charge in [0.1, 0.15) is 5.25 Å². The second-order valence-electron chi connectivity index (χ2n) is 5.09. The zero-order chi connectivity index (χ0) is 15.0. The molecule has 108 valence electrons. The molecule has 0 radical (unpaired) electrons. The van der Waals surface area contributed by atoms with E-state index in [4.69, 9.17) is 0 Å². The lowest BCUT2D eigenvalue weighted by Gasteiger charge is -2.22. The Bertz CT molecular complexity index is 706. The van der Waals surface area contributed by atoms with Crippen molar-refractivity contribution in [2.75, 3.05) is 14.1 Å².